The number of hydrazone groups is 1. The van der Waals surface area contributed by atoms with Crippen LogP contribution in [0.25, 0.3) is 11.0 Å². The van der Waals surface area contributed by atoms with Gasteiger partial charge in [0.25, 0.3) is 5.69 Å². The Morgan fingerprint density at radius 3 is 2.58 bits per heavy atom. The Balaban J connectivity index is 1.41. The van der Waals surface area contributed by atoms with Gasteiger partial charge in [-0.25, -0.2) is 5.43 Å². The molecule has 3 aromatic carbocycles. The second-order valence-electron chi connectivity index (χ2n) is 6.88. The SMILES string of the molecule is O=C(N/N=C/c1cc(Cl)c(OCc2cccc([N+](=O)[O-])c2)c(Cl)c1)c1cc2ccccc2o1. The first-order valence-corrected chi connectivity index (χ1v) is 10.3. The third-order valence-electron chi connectivity index (χ3n) is 4.55. The molecule has 0 aliphatic heterocycles. The topological polar surface area (TPSA) is 107 Å². The van der Waals surface area contributed by atoms with Crippen LogP contribution in [-0.4, -0.2) is 17.0 Å². The van der Waals surface area contributed by atoms with Crippen molar-refractivity contribution in [3.63, 3.8) is 0 Å². The van der Waals surface area contributed by atoms with E-state index in [-0.39, 0.29) is 33.8 Å². The van der Waals surface area contributed by atoms with Gasteiger partial charge in [0, 0.05) is 17.5 Å². The number of furan rings is 1. The van der Waals surface area contributed by atoms with Gasteiger partial charge in [0.05, 0.1) is 21.2 Å². The number of amides is 1. The summed E-state index contributed by atoms with van der Waals surface area (Å²) in [6, 6.07) is 18.1. The Labute approximate surface area is 197 Å². The summed E-state index contributed by atoms with van der Waals surface area (Å²) in [6.45, 7) is 0.0438. The highest BCUT2D eigenvalue weighted by molar-refractivity contribution is 6.37. The molecule has 0 spiro atoms. The van der Waals surface area contributed by atoms with Gasteiger partial charge in [-0.15, -0.1) is 0 Å². The van der Waals surface area contributed by atoms with Crippen molar-refractivity contribution >= 4 is 52.0 Å². The molecule has 4 aromatic rings. The number of nitro benzene ring substituents is 1. The van der Waals surface area contributed by atoms with Crippen LogP contribution < -0.4 is 10.2 Å². The molecule has 0 radical (unpaired) electrons. The van der Waals surface area contributed by atoms with Crippen LogP contribution in [0.2, 0.25) is 10.0 Å². The second kappa shape index (κ2) is 9.72. The first-order chi connectivity index (χ1) is 15.9. The predicted molar refractivity (Wildman–Crippen MR) is 125 cm³/mol. The zero-order chi connectivity index (χ0) is 23.4. The van der Waals surface area contributed by atoms with E-state index in [9.17, 15) is 14.9 Å². The number of hydrogen-bond acceptors (Lipinski definition) is 6. The fraction of sp³-hybridized carbons (Fsp3) is 0.0435. The lowest BCUT2D eigenvalue weighted by molar-refractivity contribution is -0.384. The Bertz CT molecular complexity index is 1330. The van der Waals surface area contributed by atoms with Gasteiger partial charge in [0.2, 0.25) is 0 Å². The summed E-state index contributed by atoms with van der Waals surface area (Å²) < 4.78 is 11.1. The molecule has 0 saturated carbocycles. The lowest BCUT2D eigenvalue weighted by atomic mass is 10.2. The van der Waals surface area contributed by atoms with Crippen molar-refractivity contribution in [2.24, 2.45) is 5.10 Å². The number of halogens is 2. The standard InChI is InChI=1S/C23H15Cl2N3O5/c24-18-9-15(12-26-27-23(29)21-11-16-5-1-2-7-20(16)33-21)10-19(25)22(18)32-13-14-4-3-6-17(8-14)28(30)31/h1-12H,13H2,(H,27,29)/b26-12+. The van der Waals surface area contributed by atoms with Gasteiger partial charge < -0.3 is 9.15 Å². The fourth-order valence-electron chi connectivity index (χ4n) is 3.02. The zero-order valence-corrected chi connectivity index (χ0v) is 18.3. The Hall–Kier alpha value is -3.88. The molecule has 33 heavy (non-hydrogen) atoms. The van der Waals surface area contributed by atoms with Crippen LogP contribution in [0.15, 0.2) is 76.2 Å². The highest BCUT2D eigenvalue weighted by atomic mass is 35.5. The van der Waals surface area contributed by atoms with Crippen LogP contribution in [-0.2, 0) is 6.61 Å². The van der Waals surface area contributed by atoms with Crippen LogP contribution in [0.4, 0.5) is 5.69 Å². The highest BCUT2D eigenvalue weighted by Crippen LogP contribution is 2.34. The van der Waals surface area contributed by atoms with Gasteiger partial charge in [-0.2, -0.15) is 5.10 Å². The summed E-state index contributed by atoms with van der Waals surface area (Å²) >= 11 is 12.6. The van der Waals surface area contributed by atoms with E-state index in [0.717, 1.165) is 5.39 Å². The van der Waals surface area contributed by atoms with Crippen molar-refractivity contribution < 1.29 is 18.9 Å². The molecule has 0 aliphatic carbocycles. The van der Waals surface area contributed by atoms with Crippen molar-refractivity contribution in [3.05, 3.63) is 104 Å². The van der Waals surface area contributed by atoms with Crippen molar-refractivity contribution in [3.8, 4) is 5.75 Å². The van der Waals surface area contributed by atoms with Crippen molar-refractivity contribution in [1.82, 2.24) is 5.43 Å². The van der Waals surface area contributed by atoms with E-state index in [0.29, 0.717) is 16.7 Å². The third-order valence-corrected chi connectivity index (χ3v) is 5.12. The molecular formula is C23H15Cl2N3O5. The van der Waals surface area contributed by atoms with Crippen LogP contribution in [0.5, 0.6) is 5.75 Å². The van der Waals surface area contributed by atoms with E-state index in [1.807, 2.05) is 18.2 Å². The average Bonchev–Trinajstić information content (AvgIpc) is 3.23. The molecule has 8 nitrogen and oxygen atoms in total. The molecule has 4 rings (SSSR count). The number of rotatable bonds is 7. The maximum Gasteiger partial charge on any atom is 0.307 e. The molecule has 1 aromatic heterocycles. The number of benzene rings is 3. The smallest absolute Gasteiger partial charge is 0.307 e. The molecule has 0 bridgehead atoms. The predicted octanol–water partition coefficient (Wildman–Crippen LogP) is 5.99. The van der Waals surface area contributed by atoms with Gasteiger partial charge in [-0.05, 0) is 35.4 Å². The molecule has 1 amide bonds. The van der Waals surface area contributed by atoms with Gasteiger partial charge in [0.1, 0.15) is 12.2 Å². The number of ether oxygens (including phenoxy) is 1. The van der Waals surface area contributed by atoms with Crippen molar-refractivity contribution in [2.75, 3.05) is 0 Å². The Morgan fingerprint density at radius 1 is 1.09 bits per heavy atom. The molecule has 1 heterocycles. The van der Waals surface area contributed by atoms with Gasteiger partial charge in [0.15, 0.2) is 11.5 Å². The summed E-state index contributed by atoms with van der Waals surface area (Å²) in [5, 5.41) is 16.1. The molecule has 0 unspecified atom stereocenters. The van der Waals surface area contributed by atoms with Crippen LogP contribution in [0.3, 0.4) is 0 Å². The van der Waals surface area contributed by atoms with Crippen LogP contribution >= 0.6 is 23.2 Å². The summed E-state index contributed by atoms with van der Waals surface area (Å²) in [6.07, 6.45) is 1.38. The van der Waals surface area contributed by atoms with Crippen molar-refractivity contribution in [2.45, 2.75) is 6.61 Å². The summed E-state index contributed by atoms with van der Waals surface area (Å²) in [4.78, 5) is 22.7. The molecule has 0 aliphatic rings. The zero-order valence-electron chi connectivity index (χ0n) is 16.8. The number of non-ortho nitro benzene ring substituents is 1. The normalized spacial score (nSPS) is 11.1. The third kappa shape index (κ3) is 5.31. The molecule has 10 heteroatoms. The second-order valence-corrected chi connectivity index (χ2v) is 7.69. The molecule has 0 fully saturated rings. The number of carbonyl (C=O) groups excluding carboxylic acids is 1. The number of carbonyl (C=O) groups is 1. The molecule has 0 atom stereocenters. The number of nitro groups is 1. The number of nitrogens with zero attached hydrogens (tertiary/aromatic N) is 2. The number of para-hydroxylation sites is 1. The van der Waals surface area contributed by atoms with Gasteiger partial charge in [-0.1, -0.05) is 53.5 Å². The Morgan fingerprint density at radius 2 is 1.85 bits per heavy atom. The molecule has 166 valence electrons. The average molecular weight is 484 g/mol. The maximum atomic E-state index is 12.2. The maximum absolute atomic E-state index is 12.2. The lowest BCUT2D eigenvalue weighted by Gasteiger charge is -2.11. The quantitative estimate of drug-likeness (QED) is 0.197. The summed E-state index contributed by atoms with van der Waals surface area (Å²) in [5.41, 5.74) is 4.07. The monoisotopic (exact) mass is 483 g/mol. The fourth-order valence-corrected chi connectivity index (χ4v) is 3.63. The molecule has 0 saturated heterocycles. The van der Waals surface area contributed by atoms with Crippen LogP contribution in [0.1, 0.15) is 21.7 Å². The number of fused-ring (bicyclic) bond motifs is 1. The Kier molecular flexibility index (Phi) is 6.58. The number of nitrogens with one attached hydrogen (secondary N) is 1. The first-order valence-electron chi connectivity index (χ1n) is 9.58. The molecular weight excluding hydrogens is 469 g/mol. The highest BCUT2D eigenvalue weighted by Gasteiger charge is 2.13. The minimum atomic E-state index is -0.503. The van der Waals surface area contributed by atoms with Crippen molar-refractivity contribution in [1.29, 1.82) is 0 Å². The lowest BCUT2D eigenvalue weighted by Crippen LogP contribution is -2.16. The minimum Gasteiger partial charge on any atom is -0.486 e. The van der Waals surface area contributed by atoms with E-state index >= 15 is 0 Å². The van der Waals surface area contributed by atoms with Crippen LogP contribution in [0, 0.1) is 10.1 Å². The molecule has 1 N–H and O–H groups in total. The van der Waals surface area contributed by atoms with E-state index in [4.69, 9.17) is 32.4 Å². The van der Waals surface area contributed by atoms with E-state index < -0.39 is 10.8 Å². The number of hydrogen-bond donors (Lipinski definition) is 1. The van der Waals surface area contributed by atoms with E-state index in [1.54, 1.807) is 36.4 Å². The first kappa shape index (κ1) is 22.3. The van der Waals surface area contributed by atoms with E-state index in [1.165, 1.54) is 18.3 Å². The minimum absolute atomic E-state index is 0.0375. The summed E-state index contributed by atoms with van der Waals surface area (Å²) in [5.74, 6) is -0.140. The largest absolute Gasteiger partial charge is 0.486 e. The summed E-state index contributed by atoms with van der Waals surface area (Å²) in [7, 11) is 0. The van der Waals surface area contributed by atoms with E-state index in [2.05, 4.69) is 10.5 Å². The van der Waals surface area contributed by atoms with Gasteiger partial charge in [-0.3, -0.25) is 14.9 Å². The van der Waals surface area contributed by atoms with Gasteiger partial charge >= 0.3 is 5.91 Å².